The van der Waals surface area contributed by atoms with Gasteiger partial charge >= 0.3 is 0 Å². The molecule has 0 aliphatic heterocycles. The summed E-state index contributed by atoms with van der Waals surface area (Å²) >= 11 is 1.60. The fourth-order valence-corrected chi connectivity index (χ4v) is 4.96. The van der Waals surface area contributed by atoms with Gasteiger partial charge in [-0.05, 0) is 30.3 Å². The molecule has 6 aromatic rings. The lowest BCUT2D eigenvalue weighted by molar-refractivity contribution is 0.143. The van der Waals surface area contributed by atoms with Crippen LogP contribution in [0.4, 0.5) is 11.5 Å². The van der Waals surface area contributed by atoms with Gasteiger partial charge in [-0.25, -0.2) is 9.50 Å². The van der Waals surface area contributed by atoms with Gasteiger partial charge in [-0.3, -0.25) is 0 Å². The number of anilines is 2. The number of ether oxygens (including phenoxy) is 2. The van der Waals surface area contributed by atoms with Crippen LogP contribution < -0.4 is 10.1 Å². The molecule has 3 aromatic carbocycles. The highest BCUT2D eigenvalue weighted by molar-refractivity contribution is 7.99. The number of rotatable bonds is 9. The van der Waals surface area contributed by atoms with E-state index in [1.54, 1.807) is 29.6 Å². The van der Waals surface area contributed by atoms with Crippen LogP contribution in [-0.4, -0.2) is 45.1 Å². The largest absolute Gasteiger partial charge is 0.474 e. The van der Waals surface area contributed by atoms with Gasteiger partial charge in [-0.15, -0.1) is 15.3 Å². The zero-order valence-electron chi connectivity index (χ0n) is 20.6. The van der Waals surface area contributed by atoms with Gasteiger partial charge in [0.15, 0.2) is 11.5 Å². The van der Waals surface area contributed by atoms with Crippen LogP contribution in [0.2, 0.25) is 0 Å². The van der Waals surface area contributed by atoms with Crippen LogP contribution in [-0.2, 0) is 4.74 Å². The summed E-state index contributed by atoms with van der Waals surface area (Å²) in [6.45, 7) is 0.938. The van der Waals surface area contributed by atoms with Gasteiger partial charge in [-0.1, -0.05) is 66.4 Å². The molecule has 0 aliphatic carbocycles. The Kier molecular flexibility index (Phi) is 6.84. The molecule has 0 bridgehead atoms. The van der Waals surface area contributed by atoms with Crippen LogP contribution >= 0.6 is 11.8 Å². The normalized spacial score (nSPS) is 11.2. The lowest BCUT2D eigenvalue weighted by Gasteiger charge is -2.12. The minimum absolute atomic E-state index is 0.436. The van der Waals surface area contributed by atoms with Crippen molar-refractivity contribution in [2.24, 2.45) is 0 Å². The summed E-state index contributed by atoms with van der Waals surface area (Å²) in [6, 6.07) is 30.3. The minimum Gasteiger partial charge on any atom is -0.474 e. The second-order valence-electron chi connectivity index (χ2n) is 8.44. The van der Waals surface area contributed by atoms with Crippen molar-refractivity contribution in [3.05, 3.63) is 97.2 Å². The third kappa shape index (κ3) is 5.02. The van der Waals surface area contributed by atoms with Crippen LogP contribution in [0.5, 0.6) is 5.88 Å². The molecule has 6 rings (SSSR count). The molecule has 1 N–H and O–H groups in total. The number of hydrogen-bond donors (Lipinski definition) is 1. The van der Waals surface area contributed by atoms with E-state index in [2.05, 4.69) is 62.0 Å². The van der Waals surface area contributed by atoms with E-state index in [9.17, 15) is 0 Å². The summed E-state index contributed by atoms with van der Waals surface area (Å²) in [4.78, 5) is 5.46. The molecule has 0 atom stereocenters. The van der Waals surface area contributed by atoms with Crippen LogP contribution in [0.25, 0.3) is 27.7 Å². The second-order valence-corrected chi connectivity index (χ2v) is 9.53. The SMILES string of the molecule is COCCOc1cc2nccc(Sc3ccc(Nc4nnc(-c5ccccc5)c5ccccc45)cc3)n2n1. The first kappa shape index (κ1) is 23.9. The maximum absolute atomic E-state index is 5.65. The van der Waals surface area contributed by atoms with Crippen LogP contribution in [0, 0.1) is 0 Å². The average molecular weight is 521 g/mol. The summed E-state index contributed by atoms with van der Waals surface area (Å²) in [5.74, 6) is 1.24. The average Bonchev–Trinajstić information content (AvgIpc) is 3.39. The smallest absolute Gasteiger partial charge is 0.235 e. The lowest BCUT2D eigenvalue weighted by atomic mass is 10.0. The van der Waals surface area contributed by atoms with Crippen molar-refractivity contribution in [3.63, 3.8) is 0 Å². The number of hydrogen-bond acceptors (Lipinski definition) is 8. The van der Waals surface area contributed by atoms with Crippen molar-refractivity contribution in [1.82, 2.24) is 24.8 Å². The summed E-state index contributed by atoms with van der Waals surface area (Å²) in [6.07, 6.45) is 1.77. The highest BCUT2D eigenvalue weighted by Crippen LogP contribution is 2.33. The molecule has 0 unspecified atom stereocenters. The molecule has 3 aromatic heterocycles. The Morgan fingerprint density at radius 2 is 1.63 bits per heavy atom. The molecule has 9 heteroatoms. The fourth-order valence-electron chi connectivity index (χ4n) is 4.10. The third-order valence-corrected chi connectivity index (χ3v) is 6.94. The zero-order valence-corrected chi connectivity index (χ0v) is 21.4. The first-order chi connectivity index (χ1) is 18.8. The third-order valence-electron chi connectivity index (χ3n) is 5.91. The van der Waals surface area contributed by atoms with Crippen molar-refractivity contribution in [2.45, 2.75) is 9.92 Å². The number of nitrogens with one attached hydrogen (secondary N) is 1. The van der Waals surface area contributed by atoms with E-state index in [0.717, 1.165) is 43.3 Å². The van der Waals surface area contributed by atoms with Gasteiger partial charge in [-0.2, -0.15) is 0 Å². The molecular formula is C29H24N6O2S. The Labute approximate surface area is 223 Å². The van der Waals surface area contributed by atoms with E-state index in [1.807, 2.05) is 54.6 Å². The van der Waals surface area contributed by atoms with Gasteiger partial charge in [0, 0.05) is 46.3 Å². The number of methoxy groups -OCH3 is 1. The summed E-state index contributed by atoms with van der Waals surface area (Å²) < 4.78 is 12.5. The number of aromatic nitrogens is 5. The first-order valence-corrected chi connectivity index (χ1v) is 12.9. The van der Waals surface area contributed by atoms with Crippen molar-refractivity contribution < 1.29 is 9.47 Å². The summed E-state index contributed by atoms with van der Waals surface area (Å²) in [5.41, 5.74) is 3.56. The van der Waals surface area contributed by atoms with Gasteiger partial charge < -0.3 is 14.8 Å². The minimum atomic E-state index is 0.436. The predicted molar refractivity (Wildman–Crippen MR) is 149 cm³/mol. The van der Waals surface area contributed by atoms with Gasteiger partial charge in [0.25, 0.3) is 0 Å². The van der Waals surface area contributed by atoms with E-state index >= 15 is 0 Å². The molecule has 0 saturated heterocycles. The van der Waals surface area contributed by atoms with E-state index < -0.39 is 0 Å². The fraction of sp³-hybridized carbons (Fsp3) is 0.103. The summed E-state index contributed by atoms with van der Waals surface area (Å²) in [7, 11) is 1.64. The molecule has 0 amide bonds. The first-order valence-electron chi connectivity index (χ1n) is 12.1. The van der Waals surface area contributed by atoms with Crippen molar-refractivity contribution in [2.75, 3.05) is 25.6 Å². The highest BCUT2D eigenvalue weighted by atomic mass is 32.2. The molecule has 38 heavy (non-hydrogen) atoms. The molecule has 0 aliphatic rings. The number of fused-ring (bicyclic) bond motifs is 2. The topological polar surface area (TPSA) is 86.5 Å². The second kappa shape index (κ2) is 10.9. The van der Waals surface area contributed by atoms with Crippen LogP contribution in [0.3, 0.4) is 0 Å². The predicted octanol–water partition coefficient (Wildman–Crippen LogP) is 6.26. The molecule has 3 heterocycles. The Morgan fingerprint density at radius 3 is 2.45 bits per heavy atom. The van der Waals surface area contributed by atoms with Crippen molar-refractivity contribution >= 4 is 39.7 Å². The number of nitrogens with zero attached hydrogens (tertiary/aromatic N) is 5. The molecule has 8 nitrogen and oxygen atoms in total. The highest BCUT2D eigenvalue weighted by Gasteiger charge is 2.12. The van der Waals surface area contributed by atoms with Crippen molar-refractivity contribution in [3.8, 4) is 17.1 Å². The van der Waals surface area contributed by atoms with Crippen molar-refractivity contribution in [1.29, 1.82) is 0 Å². The Bertz CT molecular complexity index is 1690. The van der Waals surface area contributed by atoms with E-state index in [4.69, 9.17) is 9.47 Å². The maximum Gasteiger partial charge on any atom is 0.235 e. The van der Waals surface area contributed by atoms with Gasteiger partial charge in [0.05, 0.1) is 6.61 Å². The molecule has 0 radical (unpaired) electrons. The van der Waals surface area contributed by atoms with Gasteiger partial charge in [0.1, 0.15) is 17.3 Å². The Hall–Kier alpha value is -4.47. The van der Waals surface area contributed by atoms with E-state index in [1.165, 1.54) is 0 Å². The lowest BCUT2D eigenvalue weighted by Crippen LogP contribution is -2.04. The van der Waals surface area contributed by atoms with E-state index in [0.29, 0.717) is 24.9 Å². The number of benzene rings is 3. The molecule has 0 spiro atoms. The van der Waals surface area contributed by atoms with Crippen LogP contribution in [0.1, 0.15) is 0 Å². The van der Waals surface area contributed by atoms with E-state index in [-0.39, 0.29) is 0 Å². The molecule has 188 valence electrons. The molecular weight excluding hydrogens is 496 g/mol. The Morgan fingerprint density at radius 1 is 0.842 bits per heavy atom. The molecule has 0 fully saturated rings. The summed E-state index contributed by atoms with van der Waals surface area (Å²) in [5, 5.41) is 20.1. The quantitative estimate of drug-likeness (QED) is 0.177. The standard InChI is InChI=1S/C29H24N6O2S/c1-36-17-18-37-26-19-25-30-16-15-27(35(25)34-26)38-22-13-11-21(12-14-22)31-29-24-10-6-5-9-23(24)28(32-33-29)20-7-3-2-4-8-20/h2-16,19H,17-18H2,1H3,(H,31,33). The zero-order chi connectivity index (χ0) is 25.7. The Balaban J connectivity index is 1.22. The monoisotopic (exact) mass is 520 g/mol. The maximum atomic E-state index is 5.65. The molecule has 0 saturated carbocycles. The van der Waals surface area contributed by atoms with Gasteiger partial charge in [0.2, 0.25) is 5.88 Å². The van der Waals surface area contributed by atoms with Crippen LogP contribution in [0.15, 0.2) is 107 Å².